The molecule has 1 aliphatic heterocycles. The number of hydrogen-bond donors (Lipinski definition) is 0. The van der Waals surface area contributed by atoms with Gasteiger partial charge >= 0.3 is 0 Å². The van der Waals surface area contributed by atoms with E-state index in [1.165, 1.54) is 5.56 Å². The normalized spacial score (nSPS) is 13.6. The summed E-state index contributed by atoms with van der Waals surface area (Å²) >= 11 is 0. The largest absolute Gasteiger partial charge is 0.335 e. The molecule has 4 aromatic rings. The Balaban J connectivity index is 1.81. The molecule has 6 rings (SSSR count). The van der Waals surface area contributed by atoms with Crippen molar-refractivity contribution in [3.63, 3.8) is 0 Å². The summed E-state index contributed by atoms with van der Waals surface area (Å²) < 4.78 is 59.3. The second-order valence-electron chi connectivity index (χ2n) is 7.57. The van der Waals surface area contributed by atoms with Gasteiger partial charge in [0.15, 0.2) is 23.3 Å². The molecule has 0 saturated carbocycles. The van der Waals surface area contributed by atoms with Crippen molar-refractivity contribution < 1.29 is 17.6 Å². The van der Waals surface area contributed by atoms with Crippen LogP contribution < -0.4 is 0 Å². The van der Waals surface area contributed by atoms with Gasteiger partial charge < -0.3 is 4.57 Å². The van der Waals surface area contributed by atoms with Crippen LogP contribution >= 0.6 is 0 Å². The Labute approximate surface area is 157 Å². The van der Waals surface area contributed by atoms with Crippen LogP contribution in [0.1, 0.15) is 22.3 Å². The summed E-state index contributed by atoms with van der Waals surface area (Å²) in [6.45, 7) is 1.83. The first-order valence-electron chi connectivity index (χ1n) is 9.06. The second-order valence-corrected chi connectivity index (χ2v) is 7.57. The van der Waals surface area contributed by atoms with Gasteiger partial charge in [0.25, 0.3) is 0 Å². The number of aryl methyl sites for hydroxylation is 1. The molecule has 2 aliphatic rings. The minimum atomic E-state index is -1.76. The van der Waals surface area contributed by atoms with Gasteiger partial charge in [-0.15, -0.1) is 0 Å². The zero-order chi connectivity index (χ0) is 19.3. The molecule has 0 atom stereocenters. The third-order valence-electron chi connectivity index (χ3n) is 5.99. The van der Waals surface area contributed by atoms with Gasteiger partial charge in [-0.3, -0.25) is 0 Å². The zero-order valence-electron chi connectivity index (χ0n) is 14.8. The van der Waals surface area contributed by atoms with E-state index < -0.39 is 23.3 Å². The third-order valence-corrected chi connectivity index (χ3v) is 5.99. The smallest absolute Gasteiger partial charge is 0.198 e. The summed E-state index contributed by atoms with van der Waals surface area (Å²) in [7, 11) is 0. The molecule has 0 spiro atoms. The summed E-state index contributed by atoms with van der Waals surface area (Å²) in [6, 6.07) is 11.7. The van der Waals surface area contributed by atoms with Crippen LogP contribution in [0.25, 0.3) is 33.3 Å². The molecule has 1 aliphatic carbocycles. The van der Waals surface area contributed by atoms with E-state index in [9.17, 15) is 17.6 Å². The number of aromatic nitrogens is 1. The molecule has 5 heteroatoms. The first-order chi connectivity index (χ1) is 13.5. The number of rotatable bonds is 0. The fourth-order valence-corrected chi connectivity index (χ4v) is 4.90. The van der Waals surface area contributed by atoms with E-state index in [-0.39, 0.29) is 17.7 Å². The van der Waals surface area contributed by atoms with E-state index in [1.54, 1.807) is 6.07 Å². The highest BCUT2D eigenvalue weighted by atomic mass is 19.2. The topological polar surface area (TPSA) is 4.93 Å². The Morgan fingerprint density at radius 3 is 2.39 bits per heavy atom. The molecule has 0 fully saturated rings. The van der Waals surface area contributed by atoms with Crippen molar-refractivity contribution in [2.45, 2.75) is 19.9 Å². The third kappa shape index (κ3) is 1.72. The van der Waals surface area contributed by atoms with Gasteiger partial charge in [0.1, 0.15) is 0 Å². The Morgan fingerprint density at radius 2 is 1.57 bits per heavy atom. The van der Waals surface area contributed by atoms with E-state index in [0.717, 1.165) is 39.7 Å². The van der Waals surface area contributed by atoms with Crippen molar-refractivity contribution in [1.82, 2.24) is 4.57 Å². The number of fused-ring (bicyclic) bond motifs is 7. The fourth-order valence-electron chi connectivity index (χ4n) is 4.90. The molecule has 0 radical (unpaired) electrons. The summed E-state index contributed by atoms with van der Waals surface area (Å²) in [5.74, 6) is -6.16. The van der Waals surface area contributed by atoms with Crippen LogP contribution in [0.4, 0.5) is 17.6 Å². The molecular formula is C23H13F4N. The van der Waals surface area contributed by atoms with Crippen LogP contribution in [0, 0.1) is 30.2 Å². The van der Waals surface area contributed by atoms with Crippen LogP contribution in [-0.2, 0) is 13.0 Å². The van der Waals surface area contributed by atoms with Gasteiger partial charge in [-0.25, -0.2) is 17.6 Å². The second kappa shape index (κ2) is 5.04. The van der Waals surface area contributed by atoms with E-state index >= 15 is 0 Å². The monoisotopic (exact) mass is 379 g/mol. The minimum Gasteiger partial charge on any atom is -0.335 e. The van der Waals surface area contributed by atoms with Crippen LogP contribution in [0.5, 0.6) is 0 Å². The molecule has 0 saturated heterocycles. The summed E-state index contributed by atoms with van der Waals surface area (Å²) in [6.07, 6.45) is 0.724. The average molecular weight is 379 g/mol. The Bertz CT molecular complexity index is 1360. The van der Waals surface area contributed by atoms with E-state index in [1.807, 2.05) is 35.8 Å². The van der Waals surface area contributed by atoms with Crippen LogP contribution in [0.3, 0.4) is 0 Å². The molecular weight excluding hydrogens is 366 g/mol. The molecule has 1 aromatic heterocycles. The standard InChI is InChI=1S/C23H13F4N/c1-10-6-13-14-8-11-4-2-3-5-12(11)22(14)28-9-16-17(15(7-10)23(13)28)19(25)21(27)20(26)18(16)24/h2-7H,8-9H2,1H3. The Kier molecular flexibility index (Phi) is 2.87. The summed E-state index contributed by atoms with van der Waals surface area (Å²) in [5, 5.41) is 0.955. The lowest BCUT2D eigenvalue weighted by Gasteiger charge is -2.23. The predicted molar refractivity (Wildman–Crippen MR) is 99.3 cm³/mol. The van der Waals surface area contributed by atoms with Crippen LogP contribution in [0.2, 0.25) is 0 Å². The highest BCUT2D eigenvalue weighted by molar-refractivity contribution is 6.05. The van der Waals surface area contributed by atoms with Gasteiger partial charge in [-0.2, -0.15) is 0 Å². The Morgan fingerprint density at radius 1 is 0.821 bits per heavy atom. The highest BCUT2D eigenvalue weighted by Crippen LogP contribution is 2.49. The van der Waals surface area contributed by atoms with E-state index in [0.29, 0.717) is 5.56 Å². The maximum absolute atomic E-state index is 14.7. The number of nitrogens with zero attached hydrogens (tertiary/aromatic N) is 1. The summed E-state index contributed by atoms with van der Waals surface area (Å²) in [5.41, 5.74) is 5.98. The highest BCUT2D eigenvalue weighted by Gasteiger charge is 2.35. The quantitative estimate of drug-likeness (QED) is 0.171. The van der Waals surface area contributed by atoms with Crippen molar-refractivity contribution in [2.24, 2.45) is 0 Å². The fraction of sp³-hybridized carbons (Fsp3) is 0.130. The number of hydrogen-bond acceptors (Lipinski definition) is 0. The Hall–Kier alpha value is -3.08. The molecule has 138 valence electrons. The molecule has 0 N–H and O–H groups in total. The van der Waals surface area contributed by atoms with Crippen molar-refractivity contribution in [1.29, 1.82) is 0 Å². The van der Waals surface area contributed by atoms with Crippen molar-refractivity contribution in [3.8, 4) is 22.4 Å². The van der Waals surface area contributed by atoms with Gasteiger partial charge in [0.05, 0.1) is 17.8 Å². The van der Waals surface area contributed by atoms with Crippen LogP contribution in [-0.4, -0.2) is 4.57 Å². The first-order valence-corrected chi connectivity index (χ1v) is 9.06. The van der Waals surface area contributed by atoms with Gasteiger partial charge in [-0.1, -0.05) is 24.3 Å². The van der Waals surface area contributed by atoms with Gasteiger partial charge in [0.2, 0.25) is 0 Å². The molecule has 3 aromatic carbocycles. The SMILES string of the molecule is Cc1cc2c3c(c1)c1c(n3Cc3c(F)c(F)c(F)c(F)c3-2)-c2ccccc2C1. The van der Waals surface area contributed by atoms with E-state index in [2.05, 4.69) is 6.07 Å². The number of halogens is 4. The van der Waals surface area contributed by atoms with E-state index in [4.69, 9.17) is 0 Å². The van der Waals surface area contributed by atoms with Crippen molar-refractivity contribution in [2.75, 3.05) is 0 Å². The minimum absolute atomic E-state index is 0.0362. The van der Waals surface area contributed by atoms with Crippen LogP contribution in [0.15, 0.2) is 36.4 Å². The number of benzene rings is 3. The van der Waals surface area contributed by atoms with Gasteiger partial charge in [0, 0.05) is 34.1 Å². The maximum atomic E-state index is 14.7. The maximum Gasteiger partial charge on any atom is 0.198 e. The lowest BCUT2D eigenvalue weighted by molar-refractivity contribution is 0.404. The molecule has 2 heterocycles. The molecule has 1 nitrogen and oxygen atoms in total. The summed E-state index contributed by atoms with van der Waals surface area (Å²) in [4.78, 5) is 0. The molecule has 0 bridgehead atoms. The zero-order valence-corrected chi connectivity index (χ0v) is 14.8. The molecule has 28 heavy (non-hydrogen) atoms. The van der Waals surface area contributed by atoms with Gasteiger partial charge in [-0.05, 0) is 35.7 Å². The molecule has 0 unspecified atom stereocenters. The predicted octanol–water partition coefficient (Wildman–Crippen LogP) is 6.11. The first kappa shape index (κ1) is 15.9. The average Bonchev–Trinajstić information content (AvgIpc) is 3.21. The van der Waals surface area contributed by atoms with Crippen molar-refractivity contribution in [3.05, 3.63) is 81.9 Å². The molecule has 0 amide bonds. The van der Waals surface area contributed by atoms with Crippen molar-refractivity contribution >= 4 is 10.9 Å². The lowest BCUT2D eigenvalue weighted by Crippen LogP contribution is -2.15. The lowest BCUT2D eigenvalue weighted by atomic mass is 9.91.